The van der Waals surface area contributed by atoms with Crippen LogP contribution in [0.15, 0.2) is 24.3 Å². The van der Waals surface area contributed by atoms with E-state index in [1.807, 2.05) is 18.2 Å². The van der Waals surface area contributed by atoms with Gasteiger partial charge in [0.25, 0.3) is 5.91 Å². The Morgan fingerprint density at radius 1 is 1.39 bits per heavy atom. The van der Waals surface area contributed by atoms with Gasteiger partial charge in [0.15, 0.2) is 0 Å². The smallest absolute Gasteiger partial charge is 0.270 e. The average molecular weight is 391 g/mol. The highest BCUT2D eigenvalue weighted by molar-refractivity contribution is 5.99. The summed E-state index contributed by atoms with van der Waals surface area (Å²) < 4.78 is 15.6. The van der Waals surface area contributed by atoms with Gasteiger partial charge in [0.2, 0.25) is 5.91 Å². The largest absolute Gasteiger partial charge is 0.496 e. The Kier molecular flexibility index (Phi) is 6.18. The lowest BCUT2D eigenvalue weighted by Gasteiger charge is -2.30. The van der Waals surface area contributed by atoms with E-state index >= 15 is 0 Å². The lowest BCUT2D eigenvalue weighted by atomic mass is 10.0. The van der Waals surface area contributed by atoms with Crippen LogP contribution in [0, 0.1) is 0 Å². The molecule has 2 aromatic rings. The highest BCUT2D eigenvalue weighted by Gasteiger charge is 2.35. The second-order valence-electron chi connectivity index (χ2n) is 6.82. The van der Waals surface area contributed by atoms with Crippen molar-refractivity contribution in [1.29, 1.82) is 0 Å². The summed E-state index contributed by atoms with van der Waals surface area (Å²) in [6.07, 6.45) is 0. The van der Waals surface area contributed by atoms with E-state index in [9.17, 15) is 14.7 Å². The van der Waals surface area contributed by atoms with Crippen molar-refractivity contribution in [2.75, 3.05) is 53.7 Å². The van der Waals surface area contributed by atoms with Gasteiger partial charge in [-0.3, -0.25) is 9.59 Å². The van der Waals surface area contributed by atoms with Gasteiger partial charge in [0, 0.05) is 24.6 Å². The zero-order chi connectivity index (χ0) is 20.1. The maximum Gasteiger partial charge on any atom is 0.270 e. The van der Waals surface area contributed by atoms with Crippen LogP contribution < -0.4 is 10.1 Å². The van der Waals surface area contributed by atoms with Crippen molar-refractivity contribution in [1.82, 2.24) is 15.2 Å². The van der Waals surface area contributed by atoms with Crippen LogP contribution in [0.4, 0.5) is 0 Å². The molecule has 3 rings (SSSR count). The van der Waals surface area contributed by atoms with Crippen molar-refractivity contribution in [3.8, 4) is 5.75 Å². The molecule has 1 aliphatic rings. The number of hydrogen-bond donors (Lipinski definition) is 3. The van der Waals surface area contributed by atoms with Gasteiger partial charge in [0.1, 0.15) is 23.7 Å². The number of nitrogens with zero attached hydrogens (tertiary/aromatic N) is 1. The Hall–Kier alpha value is -2.62. The van der Waals surface area contributed by atoms with Crippen LogP contribution >= 0.6 is 0 Å². The Morgan fingerprint density at radius 2 is 2.21 bits per heavy atom. The quantitative estimate of drug-likeness (QED) is 0.646. The van der Waals surface area contributed by atoms with Crippen molar-refractivity contribution >= 4 is 22.7 Å². The van der Waals surface area contributed by atoms with Gasteiger partial charge >= 0.3 is 0 Å². The van der Waals surface area contributed by atoms with Crippen molar-refractivity contribution < 1.29 is 28.9 Å². The van der Waals surface area contributed by atoms with E-state index in [0.717, 1.165) is 10.9 Å². The molecular weight excluding hydrogens is 366 g/mol. The molecule has 0 bridgehead atoms. The summed E-state index contributed by atoms with van der Waals surface area (Å²) in [4.78, 5) is 29.3. The monoisotopic (exact) mass is 391 g/mol. The summed E-state index contributed by atoms with van der Waals surface area (Å²) in [6.45, 7) is 0.537. The first-order valence-electron chi connectivity index (χ1n) is 8.96. The number of carbonyl (C=O) groups excluding carboxylic acids is 2. The van der Waals surface area contributed by atoms with Gasteiger partial charge in [-0.1, -0.05) is 6.07 Å². The number of methoxy groups -OCH3 is 2. The first-order chi connectivity index (χ1) is 13.5. The molecule has 0 radical (unpaired) electrons. The van der Waals surface area contributed by atoms with Crippen LogP contribution in [-0.4, -0.2) is 86.1 Å². The number of H-pyrrole nitrogens is 1. The first-order valence-corrected chi connectivity index (χ1v) is 8.96. The molecule has 1 aromatic heterocycles. The minimum absolute atomic E-state index is 0.0184. The summed E-state index contributed by atoms with van der Waals surface area (Å²) in [7, 11) is 2.99. The van der Waals surface area contributed by atoms with Crippen molar-refractivity contribution in [3.63, 3.8) is 0 Å². The van der Waals surface area contributed by atoms with Crippen LogP contribution in [0.5, 0.6) is 5.75 Å². The number of aromatic amines is 1. The Balaban J connectivity index is 1.76. The number of rotatable bonds is 6. The van der Waals surface area contributed by atoms with Crippen molar-refractivity contribution in [3.05, 3.63) is 30.0 Å². The standard InChI is InChI=1S/C19H25N3O6/c1-26-9-17(23)20-10-19(25)11-22(6-7-28-12-19)18(24)15-8-13-14(21-15)4-3-5-16(13)27-2/h3-5,8,21,25H,6-7,9-12H2,1-2H3,(H,20,23)/t19-/m0/s1. The molecule has 9 heteroatoms. The second-order valence-corrected chi connectivity index (χ2v) is 6.82. The molecule has 1 atom stereocenters. The molecule has 0 aliphatic carbocycles. The maximum absolute atomic E-state index is 13.0. The van der Waals surface area contributed by atoms with Crippen molar-refractivity contribution in [2.45, 2.75) is 5.60 Å². The number of fused-ring (bicyclic) bond motifs is 1. The minimum atomic E-state index is -1.39. The summed E-state index contributed by atoms with van der Waals surface area (Å²) in [5, 5.41) is 14.3. The van der Waals surface area contributed by atoms with E-state index < -0.39 is 5.60 Å². The number of amides is 2. The number of ether oxygens (including phenoxy) is 3. The first kappa shape index (κ1) is 20.1. The Morgan fingerprint density at radius 3 is 2.96 bits per heavy atom. The number of nitrogens with one attached hydrogen (secondary N) is 2. The molecule has 1 saturated heterocycles. The zero-order valence-corrected chi connectivity index (χ0v) is 16.0. The molecule has 0 unspecified atom stereocenters. The summed E-state index contributed by atoms with van der Waals surface area (Å²) in [5.74, 6) is 0.0653. The second kappa shape index (κ2) is 8.59. The van der Waals surface area contributed by atoms with Crippen LogP contribution in [0.3, 0.4) is 0 Å². The third-order valence-corrected chi connectivity index (χ3v) is 4.61. The number of carbonyl (C=O) groups is 2. The molecule has 9 nitrogen and oxygen atoms in total. The number of aliphatic hydroxyl groups is 1. The maximum atomic E-state index is 13.0. The highest BCUT2D eigenvalue weighted by atomic mass is 16.5. The van der Waals surface area contributed by atoms with Crippen LogP contribution in [0.1, 0.15) is 10.5 Å². The van der Waals surface area contributed by atoms with Gasteiger partial charge in [-0.25, -0.2) is 0 Å². The normalized spacial score (nSPS) is 20.0. The SMILES string of the molecule is COCC(=O)NC[C@@]1(O)COCCN(C(=O)c2cc3c(OC)cccc3[nH]2)C1. The molecule has 1 fully saturated rings. The number of β-amino-alcohol motifs (C(OH)–C–C–N with tert-alkyl or cyclic N) is 1. The lowest BCUT2D eigenvalue weighted by Crippen LogP contribution is -2.53. The van der Waals surface area contributed by atoms with E-state index in [2.05, 4.69) is 10.3 Å². The fourth-order valence-corrected chi connectivity index (χ4v) is 3.23. The Labute approximate surface area is 162 Å². The minimum Gasteiger partial charge on any atom is -0.496 e. The van der Waals surface area contributed by atoms with Crippen LogP contribution in [-0.2, 0) is 14.3 Å². The van der Waals surface area contributed by atoms with Gasteiger partial charge in [-0.05, 0) is 18.2 Å². The molecule has 28 heavy (non-hydrogen) atoms. The molecule has 2 amide bonds. The topological polar surface area (TPSA) is 113 Å². The van der Waals surface area contributed by atoms with Crippen LogP contribution in [0.25, 0.3) is 10.9 Å². The predicted molar refractivity (Wildman–Crippen MR) is 101 cm³/mol. The van der Waals surface area contributed by atoms with Gasteiger partial charge in [-0.15, -0.1) is 0 Å². The molecule has 3 N–H and O–H groups in total. The molecule has 0 spiro atoms. The van der Waals surface area contributed by atoms with Crippen molar-refractivity contribution in [2.24, 2.45) is 0 Å². The Bertz CT molecular complexity index is 851. The summed E-state index contributed by atoms with van der Waals surface area (Å²) in [6, 6.07) is 7.27. The van der Waals surface area contributed by atoms with Gasteiger partial charge < -0.3 is 34.5 Å². The van der Waals surface area contributed by atoms with E-state index in [1.54, 1.807) is 13.2 Å². The fourth-order valence-electron chi connectivity index (χ4n) is 3.23. The fraction of sp³-hybridized carbons (Fsp3) is 0.474. The molecule has 1 aliphatic heterocycles. The lowest BCUT2D eigenvalue weighted by molar-refractivity contribution is -0.126. The van der Waals surface area contributed by atoms with E-state index in [1.165, 1.54) is 12.0 Å². The zero-order valence-electron chi connectivity index (χ0n) is 16.0. The molecule has 0 saturated carbocycles. The highest BCUT2D eigenvalue weighted by Crippen LogP contribution is 2.27. The number of aromatic nitrogens is 1. The average Bonchev–Trinajstić information content (AvgIpc) is 3.03. The van der Waals surface area contributed by atoms with Gasteiger partial charge in [0.05, 0.1) is 33.4 Å². The third-order valence-electron chi connectivity index (χ3n) is 4.61. The molecule has 152 valence electrons. The number of hydrogen-bond acceptors (Lipinski definition) is 6. The summed E-state index contributed by atoms with van der Waals surface area (Å²) in [5.41, 5.74) is -0.206. The predicted octanol–water partition coefficient (Wildman–Crippen LogP) is 0.143. The van der Waals surface area contributed by atoms with Gasteiger partial charge in [-0.2, -0.15) is 0 Å². The molecule has 2 heterocycles. The van der Waals surface area contributed by atoms with E-state index in [0.29, 0.717) is 24.6 Å². The molecular formula is C19H25N3O6. The number of benzene rings is 1. The summed E-state index contributed by atoms with van der Waals surface area (Å²) >= 11 is 0. The van der Waals surface area contributed by atoms with E-state index in [4.69, 9.17) is 14.2 Å². The van der Waals surface area contributed by atoms with E-state index in [-0.39, 0.29) is 38.1 Å². The van der Waals surface area contributed by atoms with Crippen LogP contribution in [0.2, 0.25) is 0 Å². The third kappa shape index (κ3) is 4.44. The molecule has 1 aromatic carbocycles.